The minimum Gasteiger partial charge on any atom is -0.350 e. The maximum Gasteiger partial charge on any atom is 0.243 e. The third-order valence-corrected chi connectivity index (χ3v) is 8.46. The van der Waals surface area contributed by atoms with E-state index < -0.39 is 17.3 Å². The lowest BCUT2D eigenvalue weighted by Crippen LogP contribution is -2.60. The topological polar surface area (TPSA) is 61.4 Å². The number of hydrogen-bond acceptors (Lipinski definition) is 3. The van der Waals surface area contributed by atoms with Crippen LogP contribution in [0.5, 0.6) is 0 Å². The van der Waals surface area contributed by atoms with Crippen LogP contribution in [0.25, 0.3) is 0 Å². The Kier molecular flexibility index (Phi) is 7.01. The Hall–Kier alpha value is -1.86. The van der Waals surface area contributed by atoms with Crippen LogP contribution in [0.1, 0.15) is 36.8 Å². The fourth-order valence-electron chi connectivity index (χ4n) is 5.45. The molecule has 1 aliphatic carbocycles. The first-order valence-electron chi connectivity index (χ1n) is 12.0. The lowest BCUT2D eigenvalue weighted by molar-refractivity contribution is -0.131. The average molecular weight is 539 g/mol. The maximum atomic E-state index is 14.6. The van der Waals surface area contributed by atoms with Gasteiger partial charge in [0.15, 0.2) is 0 Å². The van der Waals surface area contributed by atoms with Crippen molar-refractivity contribution in [3.8, 4) is 0 Å². The summed E-state index contributed by atoms with van der Waals surface area (Å²) in [6, 6.07) is 8.54. The van der Waals surface area contributed by atoms with Crippen LogP contribution in [-0.4, -0.2) is 48.4 Å². The Morgan fingerprint density at radius 2 is 1.74 bits per heavy atom. The number of nitrogens with zero attached hydrogens (tertiary/aromatic N) is 1. The molecule has 3 saturated heterocycles. The lowest BCUT2D eigenvalue weighted by Gasteiger charge is -2.45. The molecule has 2 aromatic carbocycles. The van der Waals surface area contributed by atoms with Crippen molar-refractivity contribution in [1.82, 2.24) is 15.5 Å². The molecule has 6 rings (SSSR count). The number of piperidine rings is 3. The fourth-order valence-corrected chi connectivity index (χ4v) is 6.19. The van der Waals surface area contributed by atoms with Gasteiger partial charge in [-0.1, -0.05) is 46.9 Å². The highest BCUT2D eigenvalue weighted by Crippen LogP contribution is 2.51. The van der Waals surface area contributed by atoms with Gasteiger partial charge < -0.3 is 15.5 Å². The number of carbonyl (C=O) groups excluding carboxylic acids is 2. The third kappa shape index (κ3) is 5.17. The number of amides is 2. The maximum absolute atomic E-state index is 14.6. The molecule has 0 radical (unpaired) electrons. The zero-order chi connectivity index (χ0) is 24.7. The van der Waals surface area contributed by atoms with E-state index in [-0.39, 0.29) is 29.3 Å². The van der Waals surface area contributed by atoms with Gasteiger partial charge in [-0.05, 0) is 80.1 Å². The number of rotatable bonds is 7. The van der Waals surface area contributed by atoms with Crippen LogP contribution in [0, 0.1) is 11.7 Å². The molecule has 2 atom stereocenters. The molecule has 2 bridgehead atoms. The summed E-state index contributed by atoms with van der Waals surface area (Å²) >= 11 is 18.4. The summed E-state index contributed by atoms with van der Waals surface area (Å²) in [6.07, 6.45) is 3.34. The van der Waals surface area contributed by atoms with E-state index in [1.54, 1.807) is 30.3 Å². The molecule has 2 unspecified atom stereocenters. The summed E-state index contributed by atoms with van der Waals surface area (Å²) in [6.45, 7) is 2.91. The molecule has 3 heterocycles. The highest BCUT2D eigenvalue weighted by Gasteiger charge is 2.53. The summed E-state index contributed by atoms with van der Waals surface area (Å²) in [5, 5.41) is 7.26. The Bertz CT molecular complexity index is 1150. The van der Waals surface area contributed by atoms with Crippen LogP contribution < -0.4 is 10.6 Å². The van der Waals surface area contributed by atoms with Crippen LogP contribution in [0.4, 0.5) is 4.39 Å². The van der Waals surface area contributed by atoms with Crippen molar-refractivity contribution in [3.05, 3.63) is 68.4 Å². The summed E-state index contributed by atoms with van der Waals surface area (Å²) < 4.78 is 14.6. The van der Waals surface area contributed by atoms with Gasteiger partial charge in [-0.3, -0.25) is 9.59 Å². The SMILES string of the molecule is O=C(NC1CN2CCC1CC2)C(Cc1ccc(Cl)cc1F)NC(=O)C1(c2ccc(Cl)cc2Cl)CC1. The van der Waals surface area contributed by atoms with E-state index in [9.17, 15) is 14.0 Å². The molecule has 186 valence electrons. The highest BCUT2D eigenvalue weighted by molar-refractivity contribution is 6.35. The van der Waals surface area contributed by atoms with E-state index in [1.807, 2.05) is 0 Å². The molecule has 9 heteroatoms. The molecule has 3 aliphatic heterocycles. The van der Waals surface area contributed by atoms with Gasteiger partial charge in [-0.2, -0.15) is 0 Å². The van der Waals surface area contributed by atoms with Crippen molar-refractivity contribution < 1.29 is 14.0 Å². The number of nitrogens with one attached hydrogen (secondary N) is 2. The second kappa shape index (κ2) is 9.89. The number of halogens is 4. The van der Waals surface area contributed by atoms with Crippen molar-refractivity contribution in [1.29, 1.82) is 0 Å². The van der Waals surface area contributed by atoms with Crippen LogP contribution in [-0.2, 0) is 21.4 Å². The minimum atomic E-state index is -0.933. The fraction of sp³-hybridized carbons (Fsp3) is 0.462. The molecule has 2 aromatic rings. The van der Waals surface area contributed by atoms with Gasteiger partial charge in [0.25, 0.3) is 0 Å². The average Bonchev–Trinajstić information content (AvgIpc) is 3.63. The van der Waals surface area contributed by atoms with Crippen molar-refractivity contribution in [2.75, 3.05) is 19.6 Å². The van der Waals surface area contributed by atoms with Crippen molar-refractivity contribution in [2.24, 2.45) is 5.92 Å². The largest absolute Gasteiger partial charge is 0.350 e. The quantitative estimate of drug-likeness (QED) is 0.535. The first kappa shape index (κ1) is 24.8. The second-order valence-corrected chi connectivity index (χ2v) is 11.2. The second-order valence-electron chi connectivity index (χ2n) is 9.93. The number of carbonyl (C=O) groups is 2. The van der Waals surface area contributed by atoms with E-state index in [4.69, 9.17) is 34.8 Å². The van der Waals surface area contributed by atoms with Crippen molar-refractivity contribution >= 4 is 46.6 Å². The molecule has 0 spiro atoms. The summed E-state index contributed by atoms with van der Waals surface area (Å²) in [5.74, 6) is -0.668. The number of hydrogen-bond donors (Lipinski definition) is 2. The van der Waals surface area contributed by atoms with E-state index in [0.29, 0.717) is 39.9 Å². The van der Waals surface area contributed by atoms with Gasteiger partial charge in [0.2, 0.25) is 11.8 Å². The van der Waals surface area contributed by atoms with Crippen LogP contribution in [0.15, 0.2) is 36.4 Å². The Morgan fingerprint density at radius 1 is 1.06 bits per heavy atom. The normalized spacial score (nSPS) is 25.1. The molecule has 5 nitrogen and oxygen atoms in total. The molecule has 35 heavy (non-hydrogen) atoms. The highest BCUT2D eigenvalue weighted by atomic mass is 35.5. The molecular weight excluding hydrogens is 512 g/mol. The standard InChI is InChI=1S/C26H27Cl3FN3O2/c27-17-3-4-19(20(29)12-17)26(7-8-26)25(35)32-22(11-16-1-2-18(28)13-21(16)30)24(34)31-23-14-33-9-5-15(23)6-10-33/h1-4,12-13,15,22-23H,5-11,14H2,(H,31,34)(H,32,35). The van der Waals surface area contributed by atoms with E-state index >= 15 is 0 Å². The van der Waals surface area contributed by atoms with E-state index in [0.717, 1.165) is 32.5 Å². The Morgan fingerprint density at radius 3 is 2.34 bits per heavy atom. The number of benzene rings is 2. The van der Waals surface area contributed by atoms with Gasteiger partial charge >= 0.3 is 0 Å². The molecule has 4 aliphatic rings. The van der Waals surface area contributed by atoms with Gasteiger partial charge in [-0.25, -0.2) is 4.39 Å². The van der Waals surface area contributed by atoms with Gasteiger partial charge in [0, 0.05) is 34.1 Å². The van der Waals surface area contributed by atoms with Gasteiger partial charge in [-0.15, -0.1) is 0 Å². The summed E-state index contributed by atoms with van der Waals surface area (Å²) in [7, 11) is 0. The van der Waals surface area contributed by atoms with E-state index in [2.05, 4.69) is 15.5 Å². The first-order valence-corrected chi connectivity index (χ1v) is 13.1. The van der Waals surface area contributed by atoms with E-state index in [1.165, 1.54) is 6.07 Å². The molecular formula is C26H27Cl3FN3O2. The monoisotopic (exact) mass is 537 g/mol. The molecule has 2 N–H and O–H groups in total. The first-order chi connectivity index (χ1) is 16.7. The number of fused-ring (bicyclic) bond motifs is 3. The molecule has 4 fully saturated rings. The summed E-state index contributed by atoms with van der Waals surface area (Å²) in [5.41, 5.74) is 0.197. The molecule has 0 aromatic heterocycles. The Balaban J connectivity index is 1.37. The zero-order valence-corrected chi connectivity index (χ0v) is 21.4. The lowest BCUT2D eigenvalue weighted by atomic mass is 9.84. The van der Waals surface area contributed by atoms with Crippen molar-refractivity contribution in [2.45, 2.75) is 49.6 Å². The van der Waals surface area contributed by atoms with Gasteiger partial charge in [0.05, 0.1) is 5.41 Å². The molecule has 2 amide bonds. The third-order valence-electron chi connectivity index (χ3n) is 7.68. The zero-order valence-electron chi connectivity index (χ0n) is 19.1. The van der Waals surface area contributed by atoms with Crippen LogP contribution in [0.3, 0.4) is 0 Å². The summed E-state index contributed by atoms with van der Waals surface area (Å²) in [4.78, 5) is 29.3. The minimum absolute atomic E-state index is 0.0199. The predicted molar refractivity (Wildman–Crippen MR) is 136 cm³/mol. The predicted octanol–water partition coefficient (Wildman–Crippen LogP) is 4.76. The van der Waals surface area contributed by atoms with Crippen molar-refractivity contribution in [3.63, 3.8) is 0 Å². The van der Waals surface area contributed by atoms with Gasteiger partial charge in [0.1, 0.15) is 11.9 Å². The van der Waals surface area contributed by atoms with Crippen LogP contribution >= 0.6 is 34.8 Å². The Labute approximate surface area is 219 Å². The van der Waals surface area contributed by atoms with Crippen LogP contribution in [0.2, 0.25) is 15.1 Å². The molecule has 1 saturated carbocycles. The smallest absolute Gasteiger partial charge is 0.243 e.